The summed E-state index contributed by atoms with van der Waals surface area (Å²) in [6, 6.07) is 7.69. The molecule has 2 atom stereocenters. The molecular weight excluding hydrogens is 958 g/mol. The fourth-order valence-electron chi connectivity index (χ4n) is 8.17. The predicted octanol–water partition coefficient (Wildman–Crippen LogP) is 4.82. The molecule has 4 fully saturated rings. The highest BCUT2D eigenvalue weighted by molar-refractivity contribution is 8.77. The number of rotatable bonds is 21. The SMILES string of the molecule is [2H]C1([2H])C(C(=O)Nc2ccc(CNC(=O)N3CCC(N4CCN(C(=O)CCSSC(C)(C)CC(=O)N/N=C(\C)c5cnc(OCCCC(=O)ON6C(=O)CCC6=O)nc5)CC4)CC3)c(F)c2)C1c1cccnc1. The molecule has 71 heavy (non-hydrogen) atoms. The number of pyridine rings is 1. The third-order valence-corrected chi connectivity index (χ3v) is 15.5. The molecule has 3 saturated heterocycles. The summed E-state index contributed by atoms with van der Waals surface area (Å²) in [4.78, 5) is 110. The molecule has 0 bridgehead atoms. The van der Waals surface area contributed by atoms with Gasteiger partial charge >= 0.3 is 18.0 Å². The van der Waals surface area contributed by atoms with Gasteiger partial charge in [0.25, 0.3) is 11.8 Å². The zero-order chi connectivity index (χ0) is 52.3. The Kier molecular flexibility index (Phi) is 17.4. The number of hydrogen-bond donors (Lipinski definition) is 3. The highest BCUT2D eigenvalue weighted by atomic mass is 33.1. The third-order valence-electron chi connectivity index (χ3n) is 12.2. The molecule has 1 saturated carbocycles. The number of hydroxylamine groups is 2. The summed E-state index contributed by atoms with van der Waals surface area (Å²) in [5, 5.41) is 10.1. The summed E-state index contributed by atoms with van der Waals surface area (Å²) in [5.74, 6) is -4.10. The molecule has 7 amide bonds. The van der Waals surface area contributed by atoms with Gasteiger partial charge in [-0.05, 0) is 76.1 Å². The molecule has 0 spiro atoms. The Morgan fingerprint density at radius 3 is 2.38 bits per heavy atom. The molecule has 20 nitrogen and oxygen atoms in total. The van der Waals surface area contributed by atoms with Crippen LogP contribution in [-0.4, -0.2) is 144 Å². The number of hydrazone groups is 1. The number of hydrogen-bond acceptors (Lipinski definition) is 16. The predicted molar refractivity (Wildman–Crippen MR) is 263 cm³/mol. The van der Waals surface area contributed by atoms with E-state index >= 15 is 4.39 Å². The number of urea groups is 1. The van der Waals surface area contributed by atoms with E-state index < -0.39 is 52.5 Å². The van der Waals surface area contributed by atoms with Crippen molar-refractivity contribution in [2.45, 2.75) is 102 Å². The number of piperazine rings is 1. The fraction of sp³-hybridized carbons (Fsp3) is 0.521. The lowest BCUT2D eigenvalue weighted by Crippen LogP contribution is -2.55. The number of carbonyl (C=O) groups excluding carboxylic acids is 7. The quantitative estimate of drug-likeness (QED) is 0.0427. The average molecular weight is 1020 g/mol. The molecule has 2 unspecified atom stereocenters. The Balaban J connectivity index is 0.719. The van der Waals surface area contributed by atoms with E-state index in [0.29, 0.717) is 60.3 Å². The molecular formula is C48H60FN11O9S2. The van der Waals surface area contributed by atoms with Crippen molar-refractivity contribution in [1.82, 2.24) is 45.5 Å². The number of nitrogens with zero attached hydrogens (tertiary/aromatic N) is 8. The summed E-state index contributed by atoms with van der Waals surface area (Å²) in [5.41, 5.74) is 4.70. The van der Waals surface area contributed by atoms with E-state index in [1.807, 2.05) is 18.7 Å². The number of halogens is 1. The van der Waals surface area contributed by atoms with Crippen LogP contribution >= 0.6 is 21.6 Å². The second-order valence-corrected chi connectivity index (χ2v) is 21.2. The normalized spacial score (nSPS) is 19.9. The van der Waals surface area contributed by atoms with Gasteiger partial charge in [-0.3, -0.25) is 33.9 Å². The van der Waals surface area contributed by atoms with Crippen LogP contribution in [-0.2, 0) is 40.1 Å². The first kappa shape index (κ1) is 49.8. The molecule has 3 aliphatic heterocycles. The van der Waals surface area contributed by atoms with E-state index in [1.54, 1.807) is 47.1 Å². The van der Waals surface area contributed by atoms with Crippen molar-refractivity contribution in [3.63, 3.8) is 0 Å². The zero-order valence-electron chi connectivity index (χ0n) is 41.9. The van der Waals surface area contributed by atoms with E-state index in [9.17, 15) is 33.6 Å². The fourth-order valence-corrected chi connectivity index (χ4v) is 10.7. The molecule has 1 aromatic carbocycles. The molecule has 3 N–H and O–H groups in total. The van der Waals surface area contributed by atoms with E-state index in [2.05, 4.69) is 41.0 Å². The average Bonchev–Trinajstić information content (AvgIpc) is 3.84. The maximum absolute atomic E-state index is 15.1. The number of aromatic nitrogens is 3. The Labute approximate surface area is 422 Å². The van der Waals surface area contributed by atoms with Gasteiger partial charge in [-0.2, -0.15) is 5.10 Å². The monoisotopic (exact) mass is 1020 g/mol. The largest absolute Gasteiger partial charge is 0.463 e. The topological polar surface area (TPSA) is 238 Å². The van der Waals surface area contributed by atoms with Crippen LogP contribution in [0.5, 0.6) is 6.01 Å². The van der Waals surface area contributed by atoms with E-state index in [-0.39, 0.29) is 86.4 Å². The van der Waals surface area contributed by atoms with Crippen LogP contribution < -0.4 is 20.8 Å². The molecule has 5 heterocycles. The molecule has 7 rings (SSSR count). The molecule has 3 aromatic rings. The molecule has 2 aromatic heterocycles. The standard InChI is InChI=1S/C48H60FN11O9S2/c1-31(34-29-51-46(52-30-34)68-22-5-7-44(65)69-60-42(63)10-11-43(60)64)55-56-40(61)26-48(2,3)71-70-23-14-41(62)58-20-18-57(19-21-58)36-12-16-59(17-13-36)47(67)53-28-33-8-9-35(24-39(33)49)54-45(66)38-25-37(38)32-6-4-15-50-27-32/h4,6,8-9,15,24,27,29-30,36-38H,5,7,10-14,16-23,25-26,28H2,1-3H3,(H,53,67)(H,54,66)(H,56,61)/b55-31+/i25D2. The number of anilines is 1. The van der Waals surface area contributed by atoms with Crippen molar-refractivity contribution in [2.24, 2.45) is 11.0 Å². The second-order valence-electron chi connectivity index (χ2n) is 18.1. The highest BCUT2D eigenvalue weighted by Gasteiger charge is 2.44. The molecule has 1 aliphatic carbocycles. The number of imide groups is 1. The zero-order valence-corrected chi connectivity index (χ0v) is 41.5. The number of amides is 7. The van der Waals surface area contributed by atoms with Gasteiger partial charge in [0.1, 0.15) is 5.82 Å². The number of carbonyl (C=O) groups is 7. The summed E-state index contributed by atoms with van der Waals surface area (Å²) < 4.78 is 36.6. The van der Waals surface area contributed by atoms with E-state index in [0.717, 1.165) is 25.9 Å². The Morgan fingerprint density at radius 1 is 0.958 bits per heavy atom. The number of nitrogens with one attached hydrogen (secondary N) is 3. The minimum absolute atomic E-state index is 0.0199. The van der Waals surface area contributed by atoms with Crippen molar-refractivity contribution in [3.8, 4) is 6.01 Å². The summed E-state index contributed by atoms with van der Waals surface area (Å²) >= 11 is 0. The van der Waals surface area contributed by atoms with Crippen LogP contribution in [0, 0.1) is 11.7 Å². The molecule has 23 heteroatoms. The number of piperidine rings is 1. The third kappa shape index (κ3) is 15.4. The summed E-state index contributed by atoms with van der Waals surface area (Å²) in [7, 11) is 3.09. The van der Waals surface area contributed by atoms with Gasteiger partial charge in [0.2, 0.25) is 17.7 Å². The Morgan fingerprint density at radius 2 is 1.69 bits per heavy atom. The van der Waals surface area contributed by atoms with Gasteiger partial charge in [0.05, 0.1) is 18.7 Å². The van der Waals surface area contributed by atoms with Gasteiger partial charge in [-0.15, -0.1) is 5.06 Å². The Hall–Kier alpha value is -6.20. The first-order valence-electron chi connectivity index (χ1n) is 24.6. The smallest absolute Gasteiger partial charge is 0.333 e. The number of ether oxygens (including phenoxy) is 1. The van der Waals surface area contributed by atoms with Crippen molar-refractivity contribution < 1.29 is 50.3 Å². The van der Waals surface area contributed by atoms with E-state index in [4.69, 9.17) is 12.3 Å². The van der Waals surface area contributed by atoms with Gasteiger partial charge in [-0.1, -0.05) is 33.7 Å². The van der Waals surface area contributed by atoms with Crippen molar-refractivity contribution in [3.05, 3.63) is 77.6 Å². The minimum atomic E-state index is -1.74. The van der Waals surface area contributed by atoms with Crippen molar-refractivity contribution >= 4 is 74.5 Å². The van der Waals surface area contributed by atoms with Gasteiger partial charge in [0.15, 0.2) is 0 Å². The number of likely N-dealkylation sites (tertiary alicyclic amines) is 1. The van der Waals surface area contributed by atoms with Crippen LogP contribution in [0.4, 0.5) is 14.9 Å². The van der Waals surface area contributed by atoms with Crippen LogP contribution in [0.2, 0.25) is 0 Å². The second kappa shape index (κ2) is 24.8. The van der Waals surface area contributed by atoms with Crippen LogP contribution in [0.15, 0.2) is 60.2 Å². The highest BCUT2D eigenvalue weighted by Crippen LogP contribution is 2.47. The van der Waals surface area contributed by atoms with Crippen molar-refractivity contribution in [1.29, 1.82) is 0 Å². The molecule has 0 radical (unpaired) electrons. The van der Waals surface area contributed by atoms with Gasteiger partial charge in [-0.25, -0.2) is 29.4 Å². The van der Waals surface area contributed by atoms with Crippen LogP contribution in [0.25, 0.3) is 0 Å². The first-order chi connectivity index (χ1) is 34.9. The van der Waals surface area contributed by atoms with E-state index in [1.165, 1.54) is 41.4 Å². The number of benzene rings is 1. The van der Waals surface area contributed by atoms with Crippen LogP contribution in [0.1, 0.15) is 104 Å². The van der Waals surface area contributed by atoms with Crippen molar-refractivity contribution in [2.75, 3.05) is 56.9 Å². The lowest BCUT2D eigenvalue weighted by molar-refractivity contribution is -0.197. The first-order valence-corrected chi connectivity index (χ1v) is 25.9. The molecule has 380 valence electrons. The Bertz CT molecular complexity index is 2520. The van der Waals surface area contributed by atoms with Gasteiger partial charge in [0, 0.05) is 138 Å². The summed E-state index contributed by atoms with van der Waals surface area (Å²) in [6.07, 6.45) is 6.69. The molecule has 4 aliphatic rings. The minimum Gasteiger partial charge on any atom is -0.463 e. The maximum Gasteiger partial charge on any atom is 0.333 e. The van der Waals surface area contributed by atoms with Gasteiger partial charge < -0.3 is 30.0 Å². The lowest BCUT2D eigenvalue weighted by Gasteiger charge is -2.42. The summed E-state index contributed by atoms with van der Waals surface area (Å²) in [6.45, 7) is 9.49. The maximum atomic E-state index is 15.1. The lowest BCUT2D eigenvalue weighted by atomic mass is 10.0. The van der Waals surface area contributed by atoms with Crippen LogP contribution in [0.3, 0.4) is 0 Å².